The number of anilines is 1. The van der Waals surface area contributed by atoms with Gasteiger partial charge in [0.05, 0.1) is 5.75 Å². The second-order valence-electron chi connectivity index (χ2n) is 5.10. The van der Waals surface area contributed by atoms with Crippen molar-refractivity contribution in [3.8, 4) is 0 Å². The molecule has 0 saturated heterocycles. The zero-order chi connectivity index (χ0) is 13.3. The smallest absolute Gasteiger partial charge is 0.218 e. The average molecular weight is 268 g/mol. The van der Waals surface area contributed by atoms with Crippen LogP contribution < -0.4 is 5.73 Å². The minimum absolute atomic E-state index is 0.0194. The van der Waals surface area contributed by atoms with E-state index in [0.29, 0.717) is 11.6 Å². The summed E-state index contributed by atoms with van der Waals surface area (Å²) in [5, 5.41) is 0. The summed E-state index contributed by atoms with van der Waals surface area (Å²) in [7, 11) is -1.59. The fourth-order valence-electron chi connectivity index (χ4n) is 2.12. The SMILES string of the molecule is CC(C1CC1)N(C)S(=O)(=O)Cc1cccc(N)c1. The van der Waals surface area contributed by atoms with Crippen LogP contribution in [0.3, 0.4) is 0 Å². The van der Waals surface area contributed by atoms with Gasteiger partial charge >= 0.3 is 0 Å². The molecule has 2 rings (SSSR count). The van der Waals surface area contributed by atoms with Gasteiger partial charge in [-0.2, -0.15) is 0 Å². The van der Waals surface area contributed by atoms with Gasteiger partial charge in [0.25, 0.3) is 0 Å². The largest absolute Gasteiger partial charge is 0.399 e. The fourth-order valence-corrected chi connectivity index (χ4v) is 3.61. The lowest BCUT2D eigenvalue weighted by Gasteiger charge is -2.24. The van der Waals surface area contributed by atoms with Gasteiger partial charge in [-0.05, 0) is 43.4 Å². The number of rotatable bonds is 5. The third kappa shape index (κ3) is 3.03. The highest BCUT2D eigenvalue weighted by atomic mass is 32.2. The summed E-state index contributed by atoms with van der Waals surface area (Å²) >= 11 is 0. The first-order valence-electron chi connectivity index (χ1n) is 6.20. The molecule has 1 aromatic carbocycles. The highest BCUT2D eigenvalue weighted by Gasteiger charge is 2.35. The van der Waals surface area contributed by atoms with Crippen molar-refractivity contribution >= 4 is 15.7 Å². The molecule has 18 heavy (non-hydrogen) atoms. The quantitative estimate of drug-likeness (QED) is 0.829. The van der Waals surface area contributed by atoms with Crippen LogP contribution in [0.2, 0.25) is 0 Å². The van der Waals surface area contributed by atoms with Gasteiger partial charge in [0.2, 0.25) is 10.0 Å². The highest BCUT2D eigenvalue weighted by Crippen LogP contribution is 2.35. The Morgan fingerprint density at radius 3 is 2.67 bits per heavy atom. The summed E-state index contributed by atoms with van der Waals surface area (Å²) in [4.78, 5) is 0. The van der Waals surface area contributed by atoms with Crippen LogP contribution in [0.25, 0.3) is 0 Å². The fraction of sp³-hybridized carbons (Fsp3) is 0.538. The Hall–Kier alpha value is -1.07. The minimum Gasteiger partial charge on any atom is -0.399 e. The van der Waals surface area contributed by atoms with Gasteiger partial charge in [-0.1, -0.05) is 12.1 Å². The van der Waals surface area contributed by atoms with E-state index in [2.05, 4.69) is 0 Å². The summed E-state index contributed by atoms with van der Waals surface area (Å²) in [6.45, 7) is 1.98. The molecule has 0 amide bonds. The molecule has 1 fully saturated rings. The number of nitrogen functional groups attached to an aromatic ring is 1. The zero-order valence-corrected chi connectivity index (χ0v) is 11.7. The molecule has 1 unspecified atom stereocenters. The van der Waals surface area contributed by atoms with E-state index in [-0.39, 0.29) is 11.8 Å². The van der Waals surface area contributed by atoms with Gasteiger partial charge in [-0.3, -0.25) is 0 Å². The molecule has 0 aliphatic heterocycles. The van der Waals surface area contributed by atoms with Gasteiger partial charge < -0.3 is 5.73 Å². The van der Waals surface area contributed by atoms with E-state index in [0.717, 1.165) is 18.4 Å². The minimum atomic E-state index is -3.26. The molecule has 0 heterocycles. The molecule has 2 N–H and O–H groups in total. The van der Waals surface area contributed by atoms with Crippen LogP contribution in [0, 0.1) is 5.92 Å². The Balaban J connectivity index is 2.11. The first-order chi connectivity index (χ1) is 8.40. The maximum absolute atomic E-state index is 12.3. The van der Waals surface area contributed by atoms with Gasteiger partial charge in [0, 0.05) is 18.8 Å². The molecular formula is C13H20N2O2S. The number of benzene rings is 1. The van der Waals surface area contributed by atoms with Crippen molar-refractivity contribution in [1.82, 2.24) is 4.31 Å². The molecule has 0 bridgehead atoms. The third-order valence-corrected chi connectivity index (χ3v) is 5.52. The molecule has 1 atom stereocenters. The number of hydrogen-bond donors (Lipinski definition) is 1. The summed E-state index contributed by atoms with van der Waals surface area (Å²) in [5.41, 5.74) is 7.00. The summed E-state index contributed by atoms with van der Waals surface area (Å²) in [5.74, 6) is 0.552. The first kappa shape index (κ1) is 13.4. The topological polar surface area (TPSA) is 63.4 Å². The monoisotopic (exact) mass is 268 g/mol. The van der Waals surface area contributed by atoms with E-state index in [4.69, 9.17) is 5.73 Å². The third-order valence-electron chi connectivity index (χ3n) is 3.62. The Labute approximate surface area is 109 Å². The summed E-state index contributed by atoms with van der Waals surface area (Å²) in [6, 6.07) is 7.14. The van der Waals surface area contributed by atoms with Crippen LogP contribution in [-0.2, 0) is 15.8 Å². The normalized spacial score (nSPS) is 17.9. The van der Waals surface area contributed by atoms with E-state index in [9.17, 15) is 8.42 Å². The first-order valence-corrected chi connectivity index (χ1v) is 7.81. The van der Waals surface area contributed by atoms with E-state index in [1.165, 1.54) is 4.31 Å². The lowest BCUT2D eigenvalue weighted by molar-refractivity contribution is 0.356. The van der Waals surface area contributed by atoms with Gasteiger partial charge in [0.15, 0.2) is 0 Å². The van der Waals surface area contributed by atoms with Crippen LogP contribution in [0.5, 0.6) is 0 Å². The van der Waals surface area contributed by atoms with Crippen LogP contribution in [0.4, 0.5) is 5.69 Å². The van der Waals surface area contributed by atoms with Gasteiger partial charge in [0.1, 0.15) is 0 Å². The maximum Gasteiger partial charge on any atom is 0.218 e. The van der Waals surface area contributed by atoms with Crippen LogP contribution in [-0.4, -0.2) is 25.8 Å². The van der Waals surface area contributed by atoms with Crippen molar-refractivity contribution in [3.63, 3.8) is 0 Å². The lowest BCUT2D eigenvalue weighted by Crippen LogP contribution is -2.37. The predicted molar refractivity (Wildman–Crippen MR) is 73.4 cm³/mol. The Morgan fingerprint density at radius 2 is 2.11 bits per heavy atom. The maximum atomic E-state index is 12.3. The van der Waals surface area contributed by atoms with E-state index in [1.807, 2.05) is 6.92 Å². The van der Waals surface area contributed by atoms with E-state index < -0.39 is 10.0 Å². The van der Waals surface area contributed by atoms with Crippen LogP contribution >= 0.6 is 0 Å². The average Bonchev–Trinajstić information content (AvgIpc) is 3.10. The summed E-state index contributed by atoms with van der Waals surface area (Å²) < 4.78 is 26.0. The van der Waals surface area contributed by atoms with Crippen molar-refractivity contribution < 1.29 is 8.42 Å². The Bertz CT molecular complexity index is 524. The second kappa shape index (κ2) is 4.90. The standard InChI is InChI=1S/C13H20N2O2S/c1-10(12-6-7-12)15(2)18(16,17)9-11-4-3-5-13(14)8-11/h3-5,8,10,12H,6-7,9,14H2,1-2H3. The summed E-state index contributed by atoms with van der Waals surface area (Å²) in [6.07, 6.45) is 2.28. The lowest BCUT2D eigenvalue weighted by atomic mass is 10.2. The van der Waals surface area contributed by atoms with Crippen molar-refractivity contribution in [3.05, 3.63) is 29.8 Å². The van der Waals surface area contributed by atoms with Crippen LogP contribution in [0.1, 0.15) is 25.3 Å². The zero-order valence-electron chi connectivity index (χ0n) is 10.8. The second-order valence-corrected chi connectivity index (χ2v) is 7.12. The van der Waals surface area contributed by atoms with Crippen molar-refractivity contribution in [2.75, 3.05) is 12.8 Å². The molecule has 100 valence electrons. The Kier molecular flexibility index (Phi) is 3.64. The predicted octanol–water partition coefficient (Wildman–Crippen LogP) is 1.83. The van der Waals surface area contributed by atoms with Gasteiger partial charge in [-0.25, -0.2) is 12.7 Å². The van der Waals surface area contributed by atoms with E-state index in [1.54, 1.807) is 31.3 Å². The number of nitrogens with two attached hydrogens (primary N) is 1. The Morgan fingerprint density at radius 1 is 1.44 bits per heavy atom. The molecule has 4 nitrogen and oxygen atoms in total. The molecule has 0 radical (unpaired) electrons. The molecule has 0 aromatic heterocycles. The molecule has 5 heteroatoms. The van der Waals surface area contributed by atoms with E-state index >= 15 is 0 Å². The molecular weight excluding hydrogens is 248 g/mol. The van der Waals surface area contributed by atoms with Crippen molar-refractivity contribution in [2.45, 2.75) is 31.6 Å². The number of nitrogens with zero attached hydrogens (tertiary/aromatic N) is 1. The van der Waals surface area contributed by atoms with Crippen molar-refractivity contribution in [1.29, 1.82) is 0 Å². The molecule has 1 aromatic rings. The molecule has 1 aliphatic carbocycles. The van der Waals surface area contributed by atoms with Crippen molar-refractivity contribution in [2.24, 2.45) is 5.92 Å². The molecule has 0 spiro atoms. The highest BCUT2D eigenvalue weighted by molar-refractivity contribution is 7.88. The number of sulfonamides is 1. The van der Waals surface area contributed by atoms with Crippen LogP contribution in [0.15, 0.2) is 24.3 Å². The molecule has 1 saturated carbocycles. The number of hydrogen-bond acceptors (Lipinski definition) is 3. The van der Waals surface area contributed by atoms with Gasteiger partial charge in [-0.15, -0.1) is 0 Å². The molecule has 1 aliphatic rings.